The van der Waals surface area contributed by atoms with E-state index in [-0.39, 0.29) is 18.3 Å². The second-order valence-corrected chi connectivity index (χ2v) is 8.06. The first-order valence-electron chi connectivity index (χ1n) is 9.50. The number of fused-ring (bicyclic) bond motifs is 1. The monoisotopic (exact) mass is 421 g/mol. The van der Waals surface area contributed by atoms with Crippen molar-refractivity contribution < 1.29 is 19.1 Å². The molecule has 0 radical (unpaired) electrons. The lowest BCUT2D eigenvalue weighted by molar-refractivity contribution is -0.140. The largest absolute Gasteiger partial charge is 0.481 e. The van der Waals surface area contributed by atoms with Crippen molar-refractivity contribution in [3.8, 4) is 0 Å². The van der Waals surface area contributed by atoms with E-state index in [1.807, 2.05) is 30.5 Å². The average Bonchev–Trinajstić information content (AvgIpc) is 2.76. The van der Waals surface area contributed by atoms with Crippen molar-refractivity contribution in [2.45, 2.75) is 23.4 Å². The fourth-order valence-corrected chi connectivity index (χ4v) is 4.40. The Morgan fingerprint density at radius 3 is 2.33 bits per heavy atom. The molecule has 30 heavy (non-hydrogen) atoms. The summed E-state index contributed by atoms with van der Waals surface area (Å²) in [6, 6.07) is 19.7. The molecule has 1 N–H and O–H groups in total. The van der Waals surface area contributed by atoms with Crippen LogP contribution >= 0.6 is 11.8 Å². The van der Waals surface area contributed by atoms with Gasteiger partial charge in [0.2, 0.25) is 0 Å². The van der Waals surface area contributed by atoms with Gasteiger partial charge in [-0.25, -0.2) is 4.39 Å². The van der Waals surface area contributed by atoms with E-state index < -0.39 is 17.9 Å². The fraction of sp³-hybridized carbons (Fsp3) is 0.167. The number of aliphatic carboxylic acids is 1. The van der Waals surface area contributed by atoms with Crippen molar-refractivity contribution in [1.29, 1.82) is 0 Å². The molecule has 1 aliphatic heterocycles. The minimum Gasteiger partial charge on any atom is -0.481 e. The highest BCUT2D eigenvalue weighted by Gasteiger charge is 2.44. The first-order chi connectivity index (χ1) is 14.5. The van der Waals surface area contributed by atoms with Crippen LogP contribution in [-0.2, 0) is 11.3 Å². The number of halogens is 1. The van der Waals surface area contributed by atoms with Gasteiger partial charge in [-0.05, 0) is 53.3 Å². The molecule has 6 heteroatoms. The molecule has 3 aromatic rings. The maximum absolute atomic E-state index is 13.4. The number of hydrogen-bond acceptors (Lipinski definition) is 3. The molecule has 1 heterocycles. The van der Waals surface area contributed by atoms with Crippen LogP contribution in [0.2, 0.25) is 0 Å². The molecule has 0 fully saturated rings. The average molecular weight is 421 g/mol. The Balaban J connectivity index is 1.85. The van der Waals surface area contributed by atoms with E-state index in [1.54, 1.807) is 53.1 Å². The zero-order valence-electron chi connectivity index (χ0n) is 16.3. The van der Waals surface area contributed by atoms with Gasteiger partial charge in [-0.2, -0.15) is 0 Å². The highest BCUT2D eigenvalue weighted by molar-refractivity contribution is 7.98. The highest BCUT2D eigenvalue weighted by atomic mass is 32.2. The molecule has 0 saturated carbocycles. The van der Waals surface area contributed by atoms with Gasteiger partial charge in [-0.1, -0.05) is 42.5 Å². The topological polar surface area (TPSA) is 57.6 Å². The number of rotatable bonds is 5. The van der Waals surface area contributed by atoms with Crippen molar-refractivity contribution >= 4 is 23.6 Å². The van der Waals surface area contributed by atoms with Crippen LogP contribution in [0.1, 0.15) is 39.0 Å². The van der Waals surface area contributed by atoms with E-state index in [9.17, 15) is 19.1 Å². The lowest BCUT2D eigenvalue weighted by Gasteiger charge is -2.41. The van der Waals surface area contributed by atoms with Gasteiger partial charge in [0.05, 0.1) is 6.04 Å². The van der Waals surface area contributed by atoms with Crippen LogP contribution in [0.3, 0.4) is 0 Å². The van der Waals surface area contributed by atoms with Crippen molar-refractivity contribution in [3.63, 3.8) is 0 Å². The summed E-state index contributed by atoms with van der Waals surface area (Å²) in [5.74, 6) is -2.48. The molecule has 1 aliphatic rings. The van der Waals surface area contributed by atoms with Gasteiger partial charge in [-0.3, -0.25) is 9.59 Å². The third-order valence-corrected chi connectivity index (χ3v) is 6.17. The standard InChI is InChI=1S/C24H20FNO3S/c1-30-18-12-8-16(9-13-18)22-21(24(28)29)19-4-2-3-5-20(19)23(27)26(22)14-15-6-10-17(25)11-7-15/h2-13,21-22H,14H2,1H3,(H,28,29)/t21-,22-/m1/s1. The smallest absolute Gasteiger partial charge is 0.313 e. The van der Waals surface area contributed by atoms with Crippen LogP contribution in [0.25, 0.3) is 0 Å². The minimum absolute atomic E-state index is 0.187. The Hall–Kier alpha value is -3.12. The minimum atomic E-state index is -0.988. The van der Waals surface area contributed by atoms with Crippen LogP contribution in [0.5, 0.6) is 0 Å². The quantitative estimate of drug-likeness (QED) is 0.582. The predicted octanol–water partition coefficient (Wildman–Crippen LogP) is 5.11. The van der Waals surface area contributed by atoms with Gasteiger partial charge in [0.1, 0.15) is 11.7 Å². The number of nitrogens with zero attached hydrogens (tertiary/aromatic N) is 1. The second-order valence-electron chi connectivity index (χ2n) is 7.18. The maximum Gasteiger partial charge on any atom is 0.313 e. The lowest BCUT2D eigenvalue weighted by atomic mass is 9.79. The second kappa shape index (κ2) is 8.32. The summed E-state index contributed by atoms with van der Waals surface area (Å²) < 4.78 is 13.4. The van der Waals surface area contributed by atoms with E-state index in [0.29, 0.717) is 11.1 Å². The number of carbonyl (C=O) groups is 2. The van der Waals surface area contributed by atoms with Crippen LogP contribution in [0.15, 0.2) is 77.7 Å². The van der Waals surface area contributed by atoms with Gasteiger partial charge in [-0.15, -0.1) is 11.8 Å². The van der Waals surface area contributed by atoms with Gasteiger partial charge in [0.25, 0.3) is 5.91 Å². The molecule has 0 spiro atoms. The van der Waals surface area contributed by atoms with Crippen molar-refractivity contribution in [3.05, 3.63) is 101 Å². The molecule has 152 valence electrons. The van der Waals surface area contributed by atoms with Crippen molar-refractivity contribution in [2.24, 2.45) is 0 Å². The zero-order chi connectivity index (χ0) is 21.3. The van der Waals surface area contributed by atoms with Gasteiger partial charge < -0.3 is 10.0 Å². The molecule has 0 unspecified atom stereocenters. The summed E-state index contributed by atoms with van der Waals surface area (Å²) in [7, 11) is 0. The van der Waals surface area contributed by atoms with Crippen molar-refractivity contribution in [2.75, 3.05) is 6.26 Å². The molecule has 0 saturated heterocycles. The summed E-state index contributed by atoms with van der Waals surface area (Å²) >= 11 is 1.59. The SMILES string of the molecule is CSc1ccc([C@@H]2[C@H](C(=O)O)c3ccccc3C(=O)N2Cc2ccc(F)cc2)cc1. The lowest BCUT2D eigenvalue weighted by Crippen LogP contribution is -2.44. The number of thioether (sulfide) groups is 1. The number of hydrogen-bond donors (Lipinski definition) is 1. The Labute approximate surface area is 178 Å². The molecule has 2 atom stereocenters. The highest BCUT2D eigenvalue weighted by Crippen LogP contribution is 2.43. The van der Waals surface area contributed by atoms with Crippen LogP contribution < -0.4 is 0 Å². The zero-order valence-corrected chi connectivity index (χ0v) is 17.1. The Kier molecular flexibility index (Phi) is 5.59. The molecule has 0 aromatic heterocycles. The van der Waals surface area contributed by atoms with Gasteiger partial charge in [0.15, 0.2) is 0 Å². The summed E-state index contributed by atoms with van der Waals surface area (Å²) in [4.78, 5) is 28.4. The van der Waals surface area contributed by atoms with E-state index in [0.717, 1.165) is 16.0 Å². The molecule has 4 nitrogen and oxygen atoms in total. The summed E-state index contributed by atoms with van der Waals surface area (Å²) in [6.07, 6.45) is 1.97. The Bertz CT molecular complexity index is 1080. The number of carbonyl (C=O) groups excluding carboxylic acids is 1. The first kappa shape index (κ1) is 20.2. The van der Waals surface area contributed by atoms with E-state index >= 15 is 0 Å². The predicted molar refractivity (Wildman–Crippen MR) is 114 cm³/mol. The summed E-state index contributed by atoms with van der Waals surface area (Å²) in [6.45, 7) is 0.187. The first-order valence-corrected chi connectivity index (χ1v) is 10.7. The summed E-state index contributed by atoms with van der Waals surface area (Å²) in [5, 5.41) is 10.1. The number of amides is 1. The number of carboxylic acids is 1. The normalized spacial score (nSPS) is 18.2. The maximum atomic E-state index is 13.4. The molecule has 0 aliphatic carbocycles. The molecular formula is C24H20FNO3S. The van der Waals surface area contributed by atoms with E-state index in [2.05, 4.69) is 0 Å². The molecule has 4 rings (SSSR count). The van der Waals surface area contributed by atoms with Crippen LogP contribution in [-0.4, -0.2) is 28.1 Å². The summed E-state index contributed by atoms with van der Waals surface area (Å²) in [5.41, 5.74) is 2.40. The third kappa shape index (κ3) is 3.71. The van der Waals surface area contributed by atoms with Gasteiger partial charge in [0, 0.05) is 17.0 Å². The van der Waals surface area contributed by atoms with Crippen molar-refractivity contribution in [1.82, 2.24) is 4.90 Å². The van der Waals surface area contributed by atoms with E-state index in [4.69, 9.17) is 0 Å². The molecule has 1 amide bonds. The molecular weight excluding hydrogens is 401 g/mol. The molecule has 0 bridgehead atoms. The van der Waals surface area contributed by atoms with Crippen LogP contribution in [0.4, 0.5) is 4.39 Å². The third-order valence-electron chi connectivity index (χ3n) is 5.43. The Morgan fingerprint density at radius 1 is 1.03 bits per heavy atom. The fourth-order valence-electron chi connectivity index (χ4n) is 3.99. The Morgan fingerprint density at radius 2 is 1.70 bits per heavy atom. The van der Waals surface area contributed by atoms with E-state index in [1.165, 1.54) is 12.1 Å². The van der Waals surface area contributed by atoms with Gasteiger partial charge >= 0.3 is 5.97 Å². The number of benzene rings is 3. The number of carboxylic acid groups (broad SMARTS) is 1. The molecule has 3 aromatic carbocycles. The van der Waals surface area contributed by atoms with Crippen LogP contribution in [0, 0.1) is 5.82 Å².